The second kappa shape index (κ2) is 14.5. The minimum absolute atomic E-state index is 0. The Balaban J connectivity index is 0.0000102. The first-order valence-corrected chi connectivity index (χ1v) is 12.3. The fourth-order valence-corrected chi connectivity index (χ4v) is 4.44. The molecule has 0 saturated heterocycles. The van der Waals surface area contributed by atoms with Gasteiger partial charge in [0.25, 0.3) is 0 Å². The zero-order valence-electron chi connectivity index (χ0n) is 23.7. The van der Waals surface area contributed by atoms with Gasteiger partial charge in [-0.25, -0.2) is 0 Å². The maximum absolute atomic E-state index is 5.07. The summed E-state index contributed by atoms with van der Waals surface area (Å²) in [5.41, 5.74) is 11.9. The topological polar surface area (TPSA) is 40.2 Å². The summed E-state index contributed by atoms with van der Waals surface area (Å²) in [5.74, 6) is 1.05. The van der Waals surface area contributed by atoms with Gasteiger partial charge < -0.3 is 16.0 Å². The van der Waals surface area contributed by atoms with Gasteiger partial charge in [-0.2, -0.15) is 5.70 Å². The van der Waals surface area contributed by atoms with Crippen LogP contribution in [0.3, 0.4) is 0 Å². The van der Waals surface area contributed by atoms with E-state index in [-0.39, 0.29) is 26.2 Å². The number of nitrogens with one attached hydrogen (secondary N) is 1. The van der Waals surface area contributed by atoms with E-state index in [1.165, 1.54) is 44.7 Å². The van der Waals surface area contributed by atoms with Crippen molar-refractivity contribution in [3.63, 3.8) is 0 Å². The third kappa shape index (κ3) is 8.70. The molecule has 0 aromatic heterocycles. The monoisotopic (exact) mass is 529 g/mol. The van der Waals surface area contributed by atoms with Gasteiger partial charge in [0, 0.05) is 0 Å². The number of nitrogens with zero attached hydrogens (tertiary/aromatic N) is 2. The van der Waals surface area contributed by atoms with Crippen LogP contribution >= 0.6 is 0 Å². The van der Waals surface area contributed by atoms with E-state index in [0.717, 1.165) is 18.8 Å². The van der Waals surface area contributed by atoms with Crippen molar-refractivity contribution in [1.82, 2.24) is 5.32 Å². The summed E-state index contributed by atoms with van der Waals surface area (Å²) in [6, 6.07) is 0.612. The van der Waals surface area contributed by atoms with E-state index in [0.29, 0.717) is 23.9 Å². The number of allylic oxidation sites excluding steroid dienone is 9. The molecule has 4 atom stereocenters. The summed E-state index contributed by atoms with van der Waals surface area (Å²) in [6.07, 6.45) is 2.17. The summed E-state index contributed by atoms with van der Waals surface area (Å²) in [6.45, 7) is 30.3. The quantitative estimate of drug-likeness (QED) is 0.282. The van der Waals surface area contributed by atoms with Crippen LogP contribution in [0.2, 0.25) is 0 Å². The Hall–Kier alpha value is -0.857. The second-order valence-electron chi connectivity index (χ2n) is 10.1. The second-order valence-corrected chi connectivity index (χ2v) is 10.1. The van der Waals surface area contributed by atoms with Gasteiger partial charge in [0.15, 0.2) is 0 Å². The van der Waals surface area contributed by atoms with Crippen LogP contribution in [-0.4, -0.2) is 25.2 Å². The van der Waals surface area contributed by atoms with Crippen LogP contribution < -0.4 is 5.32 Å². The van der Waals surface area contributed by atoms with Crippen molar-refractivity contribution < 1.29 is 26.2 Å². The fourth-order valence-electron chi connectivity index (χ4n) is 4.44. The van der Waals surface area contributed by atoms with Crippen molar-refractivity contribution >= 4 is 0 Å². The standard InChI is InChI=1S/C29H49N3.Zr/c1-14-18(4)21(7)25(11)28(17(2)3)30-15-19(5)32-20(6)16-31-29-26(12)23(9)22(8)24(10)27(29)13;/h14,19-20,23,26,32H,15-16H2,1-13H3;/q-2;+2/b18-14+,25-21-;. The van der Waals surface area contributed by atoms with Crippen LogP contribution in [0.5, 0.6) is 0 Å². The Kier molecular flexibility index (Phi) is 14.1. The minimum Gasteiger partial charge on any atom is -0.686 e. The van der Waals surface area contributed by atoms with Gasteiger partial charge in [-0.1, -0.05) is 67.2 Å². The molecule has 0 fully saturated rings. The van der Waals surface area contributed by atoms with Crippen LogP contribution in [0, 0.1) is 11.8 Å². The molecule has 1 aliphatic rings. The van der Waals surface area contributed by atoms with Gasteiger partial charge in [0.05, 0.1) is 0 Å². The van der Waals surface area contributed by atoms with Gasteiger partial charge in [-0.3, -0.25) is 0 Å². The molecular weight excluding hydrogens is 482 g/mol. The van der Waals surface area contributed by atoms with E-state index in [1.54, 1.807) is 0 Å². The van der Waals surface area contributed by atoms with Crippen molar-refractivity contribution in [3.8, 4) is 0 Å². The third-order valence-electron chi connectivity index (χ3n) is 7.45. The Labute approximate surface area is 224 Å². The summed E-state index contributed by atoms with van der Waals surface area (Å²) < 4.78 is 0. The molecule has 0 radical (unpaired) electrons. The summed E-state index contributed by atoms with van der Waals surface area (Å²) >= 11 is 0. The van der Waals surface area contributed by atoms with Gasteiger partial charge >= 0.3 is 26.2 Å². The van der Waals surface area contributed by atoms with Crippen LogP contribution in [0.25, 0.3) is 10.6 Å². The molecule has 0 amide bonds. The molecule has 0 spiro atoms. The SMILES string of the molecule is C/C=C(C)/C(C)=C(/C)C([N-]CC(C)NC(C)C[N-]C1=C(C)C(C)=C(C)C(C)C1C)=C(C)C.[Zr+2]. The molecule has 0 bridgehead atoms. The molecule has 184 valence electrons. The first-order chi connectivity index (χ1) is 14.8. The molecule has 0 saturated carbocycles. The Morgan fingerprint density at radius 2 is 1.42 bits per heavy atom. The van der Waals surface area contributed by atoms with Crippen molar-refractivity contribution in [3.05, 3.63) is 67.1 Å². The van der Waals surface area contributed by atoms with Gasteiger partial charge in [0.2, 0.25) is 0 Å². The summed E-state index contributed by atoms with van der Waals surface area (Å²) in [7, 11) is 0. The Morgan fingerprint density at radius 3 is 1.94 bits per heavy atom. The zero-order chi connectivity index (χ0) is 24.7. The van der Waals surface area contributed by atoms with E-state index in [2.05, 4.69) is 101 Å². The predicted molar refractivity (Wildman–Crippen MR) is 144 cm³/mol. The molecule has 0 aromatic carbocycles. The number of hydrogen-bond donors (Lipinski definition) is 1. The maximum atomic E-state index is 5.07. The van der Waals surface area contributed by atoms with E-state index >= 15 is 0 Å². The fraction of sp³-hybridized carbons (Fsp3) is 0.655. The summed E-state index contributed by atoms with van der Waals surface area (Å²) in [5, 5.41) is 13.8. The molecule has 1 rings (SSSR count). The predicted octanol–water partition coefficient (Wildman–Crippen LogP) is 8.59. The molecule has 3 nitrogen and oxygen atoms in total. The van der Waals surface area contributed by atoms with Crippen molar-refractivity contribution in [2.24, 2.45) is 11.8 Å². The first-order valence-electron chi connectivity index (χ1n) is 12.3. The van der Waals surface area contributed by atoms with E-state index in [4.69, 9.17) is 10.6 Å². The van der Waals surface area contributed by atoms with Crippen LogP contribution in [0.1, 0.15) is 90.0 Å². The normalized spacial score (nSPS) is 21.8. The number of hydrogen-bond acceptors (Lipinski definition) is 1. The van der Waals surface area contributed by atoms with E-state index < -0.39 is 0 Å². The largest absolute Gasteiger partial charge is 2.00 e. The maximum Gasteiger partial charge on any atom is 2.00 e. The zero-order valence-corrected chi connectivity index (χ0v) is 26.2. The van der Waals surface area contributed by atoms with Crippen LogP contribution in [0.15, 0.2) is 56.5 Å². The smallest absolute Gasteiger partial charge is 0.686 e. The molecule has 0 aromatic rings. The van der Waals surface area contributed by atoms with Crippen LogP contribution in [-0.2, 0) is 26.2 Å². The number of rotatable bonds is 10. The van der Waals surface area contributed by atoms with Gasteiger partial charge in [-0.05, 0) is 91.8 Å². The van der Waals surface area contributed by atoms with Crippen molar-refractivity contribution in [1.29, 1.82) is 0 Å². The van der Waals surface area contributed by atoms with Gasteiger partial charge in [-0.15, -0.1) is 18.8 Å². The average molecular weight is 531 g/mol. The molecule has 0 heterocycles. The minimum atomic E-state index is 0. The average Bonchev–Trinajstić information content (AvgIpc) is 2.74. The first kappa shape index (κ1) is 32.1. The Bertz CT molecular complexity index is 822. The van der Waals surface area contributed by atoms with Crippen molar-refractivity contribution in [2.75, 3.05) is 13.1 Å². The molecule has 33 heavy (non-hydrogen) atoms. The van der Waals surface area contributed by atoms with Gasteiger partial charge in [0.1, 0.15) is 0 Å². The molecule has 4 unspecified atom stereocenters. The van der Waals surface area contributed by atoms with Crippen molar-refractivity contribution in [2.45, 2.75) is 102 Å². The molecular formula is C29H49N3Zr. The molecule has 0 aliphatic heterocycles. The third-order valence-corrected chi connectivity index (χ3v) is 7.45. The van der Waals surface area contributed by atoms with Crippen LogP contribution in [0.4, 0.5) is 0 Å². The Morgan fingerprint density at radius 1 is 0.879 bits per heavy atom. The van der Waals surface area contributed by atoms with E-state index in [9.17, 15) is 0 Å². The van der Waals surface area contributed by atoms with E-state index in [1.807, 2.05) is 0 Å². The molecule has 4 heteroatoms. The molecule has 1 N–H and O–H groups in total. The molecule has 1 aliphatic carbocycles. The summed E-state index contributed by atoms with van der Waals surface area (Å²) in [4.78, 5) is 0.